The summed E-state index contributed by atoms with van der Waals surface area (Å²) in [4.78, 5) is 0. The van der Waals surface area contributed by atoms with Crippen molar-refractivity contribution in [3.05, 3.63) is 79.2 Å². The second-order valence-corrected chi connectivity index (χ2v) is 2.35. The molecular weight excluding hydrogens is 168 g/mol. The highest BCUT2D eigenvalue weighted by Gasteiger charge is 1.77. The molecule has 0 aliphatic heterocycles. The Bertz CT molecular complexity index is 339. The quantitative estimate of drug-likeness (QED) is 0.479. The van der Waals surface area contributed by atoms with Crippen LogP contribution in [0.15, 0.2) is 73.7 Å². The van der Waals surface area contributed by atoms with Gasteiger partial charge in [0, 0.05) is 0 Å². The van der Waals surface area contributed by atoms with Crippen molar-refractivity contribution in [1.29, 1.82) is 0 Å². The third kappa shape index (κ3) is 6.69. The Hall–Kier alpha value is -2.00. The van der Waals surface area contributed by atoms with Crippen LogP contribution in [0.4, 0.5) is 0 Å². The fourth-order valence-corrected chi connectivity index (χ4v) is 0.684. The molecule has 0 N–H and O–H groups in total. The van der Waals surface area contributed by atoms with Crippen molar-refractivity contribution in [1.82, 2.24) is 0 Å². The van der Waals surface area contributed by atoms with E-state index in [1.807, 2.05) is 36.4 Å². The Morgan fingerprint density at radius 3 is 2.00 bits per heavy atom. The molecule has 0 saturated heterocycles. The van der Waals surface area contributed by atoms with E-state index in [2.05, 4.69) is 31.2 Å². The predicted octanol–water partition coefficient (Wildman–Crippen LogP) is 4.00. The Kier molecular flexibility index (Phi) is 7.79. The van der Waals surface area contributed by atoms with Crippen molar-refractivity contribution in [2.24, 2.45) is 0 Å². The molecule has 0 heterocycles. The standard InChI is InChI=1S/C10H8.C4H6/c1-2-3-7-10-8-5-4-6-9-10;1-3-4-2/h4-9H,1H2;3-4H,1-2H2. The first kappa shape index (κ1) is 12.0. The molecule has 1 rings (SSSR count). The molecule has 1 aromatic rings. The lowest BCUT2D eigenvalue weighted by atomic mass is 10.2. The van der Waals surface area contributed by atoms with Crippen molar-refractivity contribution in [2.45, 2.75) is 0 Å². The molecule has 0 atom stereocenters. The van der Waals surface area contributed by atoms with Crippen LogP contribution in [0.2, 0.25) is 0 Å². The highest BCUT2D eigenvalue weighted by molar-refractivity contribution is 5.47. The van der Waals surface area contributed by atoms with E-state index in [0.717, 1.165) is 5.56 Å². The van der Waals surface area contributed by atoms with Crippen LogP contribution in [-0.2, 0) is 0 Å². The Labute approximate surface area is 85.9 Å². The molecule has 0 aliphatic carbocycles. The molecule has 0 spiro atoms. The molecule has 1 aromatic carbocycles. The van der Waals surface area contributed by atoms with Gasteiger partial charge in [-0.05, 0) is 18.2 Å². The van der Waals surface area contributed by atoms with Crippen LogP contribution in [0.25, 0.3) is 6.08 Å². The van der Waals surface area contributed by atoms with Crippen molar-refractivity contribution >= 4 is 6.08 Å². The average molecular weight is 182 g/mol. The van der Waals surface area contributed by atoms with Gasteiger partial charge in [-0.25, -0.2) is 0 Å². The SMILES string of the molecule is C=C=C=Cc1ccccc1.C=CC=C. The summed E-state index contributed by atoms with van der Waals surface area (Å²) in [7, 11) is 0. The van der Waals surface area contributed by atoms with E-state index in [-0.39, 0.29) is 0 Å². The Balaban J connectivity index is 0.000000364. The van der Waals surface area contributed by atoms with Gasteiger partial charge in [0.05, 0.1) is 0 Å². The maximum absolute atomic E-state index is 3.41. The van der Waals surface area contributed by atoms with E-state index in [9.17, 15) is 0 Å². The van der Waals surface area contributed by atoms with Gasteiger partial charge in [0.15, 0.2) is 0 Å². The topological polar surface area (TPSA) is 0 Å². The summed E-state index contributed by atoms with van der Waals surface area (Å²) in [5.41, 5.74) is 6.46. The smallest absolute Gasteiger partial charge is 0.00430 e. The van der Waals surface area contributed by atoms with Gasteiger partial charge < -0.3 is 0 Å². The Morgan fingerprint density at radius 2 is 1.57 bits per heavy atom. The van der Waals surface area contributed by atoms with Crippen LogP contribution >= 0.6 is 0 Å². The number of allylic oxidation sites excluding steroid dienone is 2. The van der Waals surface area contributed by atoms with Crippen LogP contribution in [0.3, 0.4) is 0 Å². The van der Waals surface area contributed by atoms with Crippen LogP contribution in [-0.4, -0.2) is 0 Å². The minimum absolute atomic E-state index is 1.12. The molecule has 0 bridgehead atoms. The lowest BCUT2D eigenvalue weighted by Crippen LogP contribution is -1.64. The van der Waals surface area contributed by atoms with E-state index < -0.39 is 0 Å². The van der Waals surface area contributed by atoms with Crippen molar-refractivity contribution in [2.75, 3.05) is 0 Å². The molecule has 0 unspecified atom stereocenters. The lowest BCUT2D eigenvalue weighted by Gasteiger charge is -1.85. The molecule has 0 aliphatic rings. The van der Waals surface area contributed by atoms with Gasteiger partial charge in [-0.3, -0.25) is 0 Å². The second-order valence-electron chi connectivity index (χ2n) is 2.35. The van der Waals surface area contributed by atoms with Crippen molar-refractivity contribution < 1.29 is 0 Å². The van der Waals surface area contributed by atoms with Crippen molar-refractivity contribution in [3.8, 4) is 0 Å². The maximum Gasteiger partial charge on any atom is -0.00430 e. The van der Waals surface area contributed by atoms with E-state index >= 15 is 0 Å². The number of rotatable bonds is 2. The molecule has 0 fully saturated rings. The lowest BCUT2D eigenvalue weighted by molar-refractivity contribution is 1.66. The number of benzene rings is 1. The zero-order valence-electron chi connectivity index (χ0n) is 8.24. The fraction of sp³-hybridized carbons (Fsp3) is 0. The zero-order valence-corrected chi connectivity index (χ0v) is 8.24. The highest BCUT2D eigenvalue weighted by Crippen LogP contribution is 1.98. The summed E-state index contributed by atoms with van der Waals surface area (Å²) in [5.74, 6) is 0. The van der Waals surface area contributed by atoms with E-state index in [0.29, 0.717) is 0 Å². The predicted molar refractivity (Wildman–Crippen MR) is 64.0 cm³/mol. The first-order valence-corrected chi connectivity index (χ1v) is 4.24. The summed E-state index contributed by atoms with van der Waals surface area (Å²) in [5, 5.41) is 0. The minimum Gasteiger partial charge on any atom is -0.0991 e. The molecule has 0 nitrogen and oxygen atoms in total. The summed E-state index contributed by atoms with van der Waals surface area (Å²) in [6.07, 6.45) is 5.12. The minimum atomic E-state index is 1.12. The summed E-state index contributed by atoms with van der Waals surface area (Å²) < 4.78 is 0. The molecule has 0 saturated carbocycles. The van der Waals surface area contributed by atoms with Gasteiger partial charge in [-0.2, -0.15) is 0 Å². The summed E-state index contributed by atoms with van der Waals surface area (Å²) in [6, 6.07) is 9.96. The molecule has 0 amide bonds. The van der Waals surface area contributed by atoms with Gasteiger partial charge >= 0.3 is 0 Å². The monoisotopic (exact) mass is 182 g/mol. The highest BCUT2D eigenvalue weighted by atomic mass is 13.8. The normalized spacial score (nSPS) is 6.86. The molecule has 14 heavy (non-hydrogen) atoms. The first-order chi connectivity index (χ1) is 6.85. The van der Waals surface area contributed by atoms with Crippen LogP contribution < -0.4 is 0 Å². The third-order valence-corrected chi connectivity index (χ3v) is 1.31. The number of hydrogen-bond acceptors (Lipinski definition) is 0. The molecule has 0 radical (unpaired) electrons. The Morgan fingerprint density at radius 1 is 1.00 bits per heavy atom. The third-order valence-electron chi connectivity index (χ3n) is 1.31. The van der Waals surface area contributed by atoms with Crippen LogP contribution in [0.5, 0.6) is 0 Å². The molecule has 0 aromatic heterocycles. The summed E-state index contributed by atoms with van der Waals surface area (Å²) >= 11 is 0. The molecule has 0 heteroatoms. The first-order valence-electron chi connectivity index (χ1n) is 4.24. The van der Waals surface area contributed by atoms with Crippen molar-refractivity contribution in [3.63, 3.8) is 0 Å². The fourth-order valence-electron chi connectivity index (χ4n) is 0.684. The molecular formula is C14H14. The van der Waals surface area contributed by atoms with E-state index in [1.54, 1.807) is 12.2 Å². The van der Waals surface area contributed by atoms with Gasteiger partial charge in [0.2, 0.25) is 0 Å². The maximum atomic E-state index is 3.41. The summed E-state index contributed by atoms with van der Waals surface area (Å²) in [6.45, 7) is 10.1. The van der Waals surface area contributed by atoms with Gasteiger partial charge in [0.1, 0.15) is 0 Å². The van der Waals surface area contributed by atoms with E-state index in [4.69, 9.17) is 0 Å². The van der Waals surface area contributed by atoms with Gasteiger partial charge in [-0.1, -0.05) is 67.1 Å². The zero-order chi connectivity index (χ0) is 10.6. The number of hydrogen-bond donors (Lipinski definition) is 0. The second kappa shape index (κ2) is 9.09. The van der Waals surface area contributed by atoms with E-state index in [1.165, 1.54) is 0 Å². The molecule has 70 valence electrons. The van der Waals surface area contributed by atoms with Crippen LogP contribution in [0, 0.1) is 0 Å². The largest absolute Gasteiger partial charge is 0.0991 e. The van der Waals surface area contributed by atoms with Crippen LogP contribution in [0.1, 0.15) is 5.56 Å². The van der Waals surface area contributed by atoms with Gasteiger partial charge in [-0.15, -0.1) is 0 Å². The average Bonchev–Trinajstić information content (AvgIpc) is 2.28. The van der Waals surface area contributed by atoms with Gasteiger partial charge in [0.25, 0.3) is 0 Å².